The lowest BCUT2D eigenvalue weighted by molar-refractivity contribution is -0.250. The quantitative estimate of drug-likeness (QED) is 0.142. The third-order valence-electron chi connectivity index (χ3n) is 25.0. The summed E-state index contributed by atoms with van der Waals surface area (Å²) in [6.07, 6.45) is 11.7. The molecule has 8 fully saturated rings. The number of rotatable bonds is 10. The normalized spacial score (nSPS) is 47.9. The third-order valence-corrected chi connectivity index (χ3v) is 27.6. The Morgan fingerprint density at radius 1 is 0.588 bits per heavy atom. The van der Waals surface area contributed by atoms with Gasteiger partial charge in [0.05, 0.1) is 70.5 Å². The summed E-state index contributed by atoms with van der Waals surface area (Å²) in [5, 5.41) is 56.6. The number of ketones is 2. The number of fused-ring (bicyclic) bond motifs is 10. The van der Waals surface area contributed by atoms with Crippen molar-refractivity contribution in [3.8, 4) is 0 Å². The molecule has 0 aromatic heterocycles. The van der Waals surface area contributed by atoms with Gasteiger partial charge in [-0.25, -0.2) is 4.39 Å². The van der Waals surface area contributed by atoms with Gasteiger partial charge in [-0.3, -0.25) is 9.59 Å². The molecule has 19 unspecified atom stereocenters. The van der Waals surface area contributed by atoms with Gasteiger partial charge in [0.15, 0.2) is 6.29 Å². The SMILES string of the molecule is CC(=O)C1CC[C@]2(O)C3CC=C4C[C@@H](O)CC[C@]4(C)C3C[C@@H](O)[C@]12C.COC1C(C)C(C)OC(F)C1Sc1ccccc1.COC1C(C)C(C)OC(OC2CC[C@@]3(C)C(=CCC4C3CC(O)[C@]3(C)C(C(C)=O)CCC43O)C2)C1Sc1ccccc1. The van der Waals surface area contributed by atoms with Crippen LogP contribution >= 0.6 is 23.5 Å². The maximum absolute atomic E-state index is 14.1. The van der Waals surface area contributed by atoms with Gasteiger partial charge in [0.25, 0.3) is 0 Å². The van der Waals surface area contributed by atoms with E-state index in [1.807, 2.05) is 64.1 Å². The molecule has 0 bridgehead atoms. The molecule has 2 saturated heterocycles. The van der Waals surface area contributed by atoms with Crippen LogP contribution in [0.5, 0.6) is 0 Å². The number of Topliss-reactive ketones (excluding diaryl/α,β-unsaturated/α-hetero) is 2. The van der Waals surface area contributed by atoms with Gasteiger partial charge < -0.3 is 49.2 Å². The van der Waals surface area contributed by atoms with Crippen molar-refractivity contribution in [1.82, 2.24) is 0 Å². The molecule has 6 saturated carbocycles. The summed E-state index contributed by atoms with van der Waals surface area (Å²) in [6, 6.07) is 20.2. The fourth-order valence-corrected chi connectivity index (χ4v) is 22.0. The maximum atomic E-state index is 14.1. The van der Waals surface area contributed by atoms with Gasteiger partial charge in [0.1, 0.15) is 11.6 Å². The largest absolute Gasteiger partial charge is 0.393 e. The smallest absolute Gasteiger partial charge is 0.213 e. The van der Waals surface area contributed by atoms with Crippen LogP contribution in [0.2, 0.25) is 0 Å². The highest BCUT2D eigenvalue weighted by Gasteiger charge is 2.72. The van der Waals surface area contributed by atoms with Crippen molar-refractivity contribution < 1.29 is 63.2 Å². The Balaban J connectivity index is 0.000000158. The summed E-state index contributed by atoms with van der Waals surface area (Å²) in [5.74, 6) is 0.638. The average molecular weight is 1220 g/mol. The minimum absolute atomic E-state index is 0.0106. The highest BCUT2D eigenvalue weighted by atomic mass is 32.2. The maximum Gasteiger partial charge on any atom is 0.213 e. The zero-order valence-corrected chi connectivity index (χ0v) is 54.3. The van der Waals surface area contributed by atoms with E-state index < -0.39 is 40.6 Å². The van der Waals surface area contributed by atoms with Crippen LogP contribution in [0.15, 0.2) is 93.8 Å². The Morgan fingerprint density at radius 2 is 1.02 bits per heavy atom. The number of hydrogen-bond acceptors (Lipinski definition) is 14. The van der Waals surface area contributed by atoms with Crippen LogP contribution in [-0.4, -0.2) is 135 Å². The fourth-order valence-electron chi connectivity index (χ4n) is 19.4. The number of ether oxygens (including phenoxy) is 5. The second-order valence-electron chi connectivity index (χ2n) is 28.7. The number of carbonyl (C=O) groups excluding carboxylic acids is 2. The van der Waals surface area contributed by atoms with Crippen LogP contribution in [0.4, 0.5) is 4.39 Å². The third kappa shape index (κ3) is 11.3. The molecule has 2 heterocycles. The number of allylic oxidation sites excluding steroid dienone is 2. The Hall–Kier alpha value is -2.51. The summed E-state index contributed by atoms with van der Waals surface area (Å²) >= 11 is 3.26. The molecule has 2 aliphatic heterocycles. The molecule has 15 heteroatoms. The van der Waals surface area contributed by atoms with Gasteiger partial charge in [-0.2, -0.15) is 0 Å². The van der Waals surface area contributed by atoms with Gasteiger partial charge in [-0.15, -0.1) is 23.5 Å². The number of thioether (sulfide) groups is 2. The first-order chi connectivity index (χ1) is 40.2. The standard InChI is InChI=1S/C35H50O6S.C21H32O4.C14H19FO2S/c1-20-22(3)40-32(31(30(20)39-6)42-25-10-8-7-9-11-25)41-24-14-16-33(4)23(18-24)12-13-27-28(33)19-29(37)34(5)26(21(2)36)15-17-35(27,34)38;1-12(22)15-7-9-21(25)16-5-4-13-10-14(23)6-8-19(13,2)17(16)11-18(24)20(15,21)3;1-9-10(2)17-14(15)13(12(9)16-3)18-11-7-5-4-6-8-11/h7-12,20,22,24,26-32,37-38H,13-19H2,1-6H3;4,14-18,23-25H,5-11H2,1-3H3;4-10,12-14H,1-3H3/t20?,22?,24?,26?,27?,28?,29?,30?,31?,32?,33-,34-,35?;14-,15?,16?,17?,18+,19-,20-,21-;/m00./s1. The number of aliphatic hydroxyl groups is 5. The first kappa shape index (κ1) is 65.4. The van der Waals surface area contributed by atoms with Crippen molar-refractivity contribution in [1.29, 1.82) is 0 Å². The number of aliphatic hydroxyl groups excluding tert-OH is 3. The Kier molecular flexibility index (Phi) is 19.5. The molecule has 8 aliphatic carbocycles. The van der Waals surface area contributed by atoms with E-state index in [9.17, 15) is 39.5 Å². The van der Waals surface area contributed by atoms with Crippen LogP contribution in [0.3, 0.4) is 0 Å². The molecule has 12 nitrogen and oxygen atoms in total. The minimum Gasteiger partial charge on any atom is -0.393 e. The molecule has 0 amide bonds. The van der Waals surface area contributed by atoms with Crippen molar-refractivity contribution in [3.63, 3.8) is 0 Å². The summed E-state index contributed by atoms with van der Waals surface area (Å²) in [5.41, 5.74) is -0.961. The number of methoxy groups -OCH3 is 2. The van der Waals surface area contributed by atoms with Gasteiger partial charge in [-0.1, -0.05) is 101 Å². The zero-order chi connectivity index (χ0) is 61.3. The molecule has 2 aromatic rings. The molecule has 12 rings (SSSR count). The average Bonchev–Trinajstić information content (AvgIpc) is 1.70. The molecule has 10 aliphatic rings. The van der Waals surface area contributed by atoms with Crippen molar-refractivity contribution in [2.75, 3.05) is 14.2 Å². The van der Waals surface area contributed by atoms with Crippen LogP contribution < -0.4 is 0 Å². The highest BCUT2D eigenvalue weighted by Crippen LogP contribution is 2.70. The van der Waals surface area contributed by atoms with E-state index in [0.717, 1.165) is 56.3 Å². The topological polar surface area (TPSA) is 181 Å². The van der Waals surface area contributed by atoms with E-state index in [2.05, 4.69) is 64.1 Å². The number of halogens is 1. The van der Waals surface area contributed by atoms with Crippen molar-refractivity contribution in [3.05, 3.63) is 84.0 Å². The van der Waals surface area contributed by atoms with Crippen molar-refractivity contribution in [2.45, 2.75) is 252 Å². The minimum atomic E-state index is -1.29. The first-order valence-electron chi connectivity index (χ1n) is 32.2. The summed E-state index contributed by atoms with van der Waals surface area (Å²) in [7, 11) is 3.44. The van der Waals surface area contributed by atoms with E-state index in [4.69, 9.17) is 23.7 Å². The molecular weight excluding hydrogens is 1120 g/mol. The molecule has 5 N–H and O–H groups in total. The fraction of sp³-hybridized carbons (Fsp3) is 0.743. The van der Waals surface area contributed by atoms with Crippen LogP contribution in [-0.2, 0) is 33.3 Å². The van der Waals surface area contributed by atoms with Crippen LogP contribution in [0.1, 0.15) is 159 Å². The zero-order valence-electron chi connectivity index (χ0n) is 52.7. The molecular formula is C70H101FO12S2. The summed E-state index contributed by atoms with van der Waals surface area (Å²) < 4.78 is 44.4. The lowest BCUT2D eigenvalue weighted by Crippen LogP contribution is -2.66. The van der Waals surface area contributed by atoms with E-state index in [1.54, 1.807) is 39.8 Å². The van der Waals surface area contributed by atoms with Gasteiger partial charge in [-0.05, 0) is 176 Å². The predicted molar refractivity (Wildman–Crippen MR) is 330 cm³/mol. The molecule has 0 spiro atoms. The van der Waals surface area contributed by atoms with Crippen molar-refractivity contribution >= 4 is 35.1 Å². The number of hydrogen-bond donors (Lipinski definition) is 5. The molecule has 85 heavy (non-hydrogen) atoms. The van der Waals surface area contributed by atoms with Gasteiger partial charge in [0, 0.05) is 58.5 Å². The van der Waals surface area contributed by atoms with Gasteiger partial charge in [0.2, 0.25) is 6.36 Å². The lowest BCUT2D eigenvalue weighted by atomic mass is 9.45. The molecule has 26 atom stereocenters. The Morgan fingerprint density at radius 3 is 1.49 bits per heavy atom. The second-order valence-corrected chi connectivity index (χ2v) is 31.2. The van der Waals surface area contributed by atoms with Crippen LogP contribution in [0, 0.1) is 69.0 Å². The van der Waals surface area contributed by atoms with E-state index >= 15 is 0 Å². The van der Waals surface area contributed by atoms with E-state index in [1.165, 1.54) is 27.8 Å². The monoisotopic (exact) mass is 1220 g/mol. The molecule has 0 radical (unpaired) electrons. The Labute approximate surface area is 515 Å². The number of benzene rings is 2. The Bertz CT molecular complexity index is 2740. The van der Waals surface area contributed by atoms with E-state index in [-0.39, 0.29) is 123 Å². The highest BCUT2D eigenvalue weighted by molar-refractivity contribution is 8.00. The lowest BCUT2D eigenvalue weighted by Gasteiger charge is -2.62. The summed E-state index contributed by atoms with van der Waals surface area (Å²) in [6.45, 7) is 20.0. The van der Waals surface area contributed by atoms with Crippen molar-refractivity contribution in [2.24, 2.45) is 69.0 Å². The summed E-state index contributed by atoms with van der Waals surface area (Å²) in [4.78, 5) is 27.0. The predicted octanol–water partition coefficient (Wildman–Crippen LogP) is 12.3. The second kappa shape index (κ2) is 25.3. The van der Waals surface area contributed by atoms with Crippen LogP contribution in [0.25, 0.3) is 0 Å². The number of alkyl halides is 1. The van der Waals surface area contributed by atoms with E-state index in [0.29, 0.717) is 38.5 Å². The number of carbonyl (C=O) groups is 2. The van der Waals surface area contributed by atoms with Gasteiger partial charge >= 0.3 is 0 Å². The first-order valence-corrected chi connectivity index (χ1v) is 34.0. The molecule has 472 valence electrons. The molecule has 2 aromatic carbocycles.